The molecule has 1 aliphatic rings. The first-order chi connectivity index (χ1) is 4.86. The molecule has 2 heterocycles. The van der Waals surface area contributed by atoms with E-state index in [2.05, 4.69) is 22.0 Å². The maximum absolute atomic E-state index is 5.30. The van der Waals surface area contributed by atoms with Gasteiger partial charge in [-0.05, 0) is 34.0 Å². The predicted octanol–water partition coefficient (Wildman–Crippen LogP) is 2.58. The van der Waals surface area contributed by atoms with Crippen LogP contribution in [0.25, 0.3) is 0 Å². The van der Waals surface area contributed by atoms with Gasteiger partial charge in [0.05, 0.1) is 17.0 Å². The first kappa shape index (κ1) is 6.83. The summed E-state index contributed by atoms with van der Waals surface area (Å²) >= 11 is 5.24. The summed E-state index contributed by atoms with van der Waals surface area (Å²) < 4.78 is 6.52. The van der Waals surface area contributed by atoms with E-state index in [9.17, 15) is 0 Å². The highest BCUT2D eigenvalue weighted by Gasteiger charge is 2.11. The smallest absolute Gasteiger partial charge is 0.0812 e. The van der Waals surface area contributed by atoms with E-state index in [1.165, 1.54) is 14.2 Å². The van der Waals surface area contributed by atoms with Gasteiger partial charge in [0, 0.05) is 4.88 Å². The van der Waals surface area contributed by atoms with Gasteiger partial charge < -0.3 is 4.74 Å². The summed E-state index contributed by atoms with van der Waals surface area (Å²) in [6.45, 7) is 1.70. The van der Waals surface area contributed by atoms with Gasteiger partial charge >= 0.3 is 0 Å². The van der Waals surface area contributed by atoms with Crippen molar-refractivity contribution < 1.29 is 4.74 Å². The first-order valence-electron chi connectivity index (χ1n) is 3.21. The van der Waals surface area contributed by atoms with E-state index >= 15 is 0 Å². The Labute approximate surface area is 72.1 Å². The molecule has 0 amide bonds. The summed E-state index contributed by atoms with van der Waals surface area (Å²) in [5.41, 5.74) is 1.46. The zero-order valence-electron chi connectivity index (χ0n) is 5.39. The molecule has 0 bridgehead atoms. The van der Waals surface area contributed by atoms with E-state index in [0.29, 0.717) is 0 Å². The van der Waals surface area contributed by atoms with Crippen LogP contribution < -0.4 is 0 Å². The van der Waals surface area contributed by atoms with Crippen LogP contribution >= 0.6 is 27.3 Å². The Morgan fingerprint density at radius 1 is 1.60 bits per heavy atom. The molecule has 2 rings (SSSR count). The van der Waals surface area contributed by atoms with E-state index in [0.717, 1.165) is 19.6 Å². The van der Waals surface area contributed by atoms with Crippen molar-refractivity contribution in [3.8, 4) is 0 Å². The third-order valence-corrected chi connectivity index (χ3v) is 3.27. The molecule has 0 atom stereocenters. The fraction of sp³-hybridized carbons (Fsp3) is 0.429. The molecule has 54 valence electrons. The van der Waals surface area contributed by atoms with Crippen molar-refractivity contribution in [2.24, 2.45) is 0 Å². The number of hydrogen-bond donors (Lipinski definition) is 0. The average Bonchev–Trinajstić information content (AvgIpc) is 2.27. The van der Waals surface area contributed by atoms with Crippen LogP contribution in [0.2, 0.25) is 0 Å². The second-order valence-electron chi connectivity index (χ2n) is 2.30. The quantitative estimate of drug-likeness (QED) is 0.651. The summed E-state index contributed by atoms with van der Waals surface area (Å²) in [6, 6.07) is 2.20. The molecule has 0 saturated heterocycles. The number of hydrogen-bond acceptors (Lipinski definition) is 2. The van der Waals surface area contributed by atoms with Crippen LogP contribution in [0, 0.1) is 0 Å². The number of halogens is 1. The second kappa shape index (κ2) is 2.64. The molecule has 0 fully saturated rings. The van der Waals surface area contributed by atoms with Crippen LogP contribution in [0.5, 0.6) is 0 Å². The Morgan fingerprint density at radius 2 is 2.50 bits per heavy atom. The molecule has 0 aromatic carbocycles. The number of rotatable bonds is 0. The van der Waals surface area contributed by atoms with Crippen LogP contribution in [-0.2, 0) is 17.8 Å². The van der Waals surface area contributed by atoms with Crippen LogP contribution in [0.1, 0.15) is 10.4 Å². The summed E-state index contributed by atoms with van der Waals surface area (Å²) in [6.07, 6.45) is 1.08. The van der Waals surface area contributed by atoms with Gasteiger partial charge in [0.25, 0.3) is 0 Å². The fourth-order valence-electron chi connectivity index (χ4n) is 1.11. The molecule has 10 heavy (non-hydrogen) atoms. The standard InChI is InChI=1S/C7H7BrOS/c8-7-3-5-1-2-9-4-6(5)10-7/h3H,1-2,4H2. The Kier molecular flexibility index (Phi) is 1.80. The van der Waals surface area contributed by atoms with Gasteiger partial charge in [0.2, 0.25) is 0 Å². The molecule has 0 radical (unpaired) electrons. The molecular formula is C7H7BrOS. The SMILES string of the molecule is Brc1cc2c(s1)COCC2. The molecule has 0 aliphatic carbocycles. The van der Waals surface area contributed by atoms with E-state index in [-0.39, 0.29) is 0 Å². The number of thiophene rings is 1. The summed E-state index contributed by atoms with van der Waals surface area (Å²) in [7, 11) is 0. The normalized spacial score (nSPS) is 16.9. The van der Waals surface area contributed by atoms with Gasteiger partial charge in [0.15, 0.2) is 0 Å². The third-order valence-electron chi connectivity index (χ3n) is 1.62. The predicted molar refractivity (Wildman–Crippen MR) is 45.4 cm³/mol. The van der Waals surface area contributed by atoms with E-state index < -0.39 is 0 Å². The molecule has 0 spiro atoms. The second-order valence-corrected chi connectivity index (χ2v) is 4.82. The van der Waals surface area contributed by atoms with Crippen LogP contribution in [0.3, 0.4) is 0 Å². The van der Waals surface area contributed by atoms with E-state index in [1.807, 2.05) is 0 Å². The maximum Gasteiger partial charge on any atom is 0.0812 e. The molecule has 1 aliphatic heterocycles. The molecule has 1 aromatic rings. The van der Waals surface area contributed by atoms with Gasteiger partial charge in [0.1, 0.15) is 0 Å². The molecule has 0 N–H and O–H groups in total. The van der Waals surface area contributed by atoms with Crippen molar-refractivity contribution in [1.29, 1.82) is 0 Å². The van der Waals surface area contributed by atoms with Crippen molar-refractivity contribution in [1.82, 2.24) is 0 Å². The largest absolute Gasteiger partial charge is 0.376 e. The Hall–Kier alpha value is 0.140. The van der Waals surface area contributed by atoms with Gasteiger partial charge in [-0.25, -0.2) is 0 Å². The van der Waals surface area contributed by atoms with Gasteiger partial charge in [-0.3, -0.25) is 0 Å². The lowest BCUT2D eigenvalue weighted by molar-refractivity contribution is 0.113. The highest BCUT2D eigenvalue weighted by molar-refractivity contribution is 9.11. The fourth-order valence-corrected chi connectivity index (χ4v) is 2.84. The van der Waals surface area contributed by atoms with Crippen LogP contribution in [0.4, 0.5) is 0 Å². The third kappa shape index (κ3) is 1.13. The van der Waals surface area contributed by atoms with Crippen molar-refractivity contribution in [3.05, 3.63) is 20.3 Å². The van der Waals surface area contributed by atoms with E-state index in [1.54, 1.807) is 11.3 Å². The van der Waals surface area contributed by atoms with Gasteiger partial charge in [-0.15, -0.1) is 11.3 Å². The molecule has 3 heteroatoms. The lowest BCUT2D eigenvalue weighted by Gasteiger charge is -2.10. The topological polar surface area (TPSA) is 9.23 Å². The molecule has 0 unspecified atom stereocenters. The van der Waals surface area contributed by atoms with Crippen molar-refractivity contribution in [3.63, 3.8) is 0 Å². The lowest BCUT2D eigenvalue weighted by Crippen LogP contribution is -2.05. The molecule has 1 nitrogen and oxygen atoms in total. The minimum atomic E-state index is 0.811. The monoisotopic (exact) mass is 218 g/mol. The Morgan fingerprint density at radius 3 is 3.30 bits per heavy atom. The molecule has 0 saturated carbocycles. The van der Waals surface area contributed by atoms with E-state index in [4.69, 9.17) is 4.74 Å². The van der Waals surface area contributed by atoms with Gasteiger partial charge in [-0.1, -0.05) is 0 Å². The molecule has 1 aromatic heterocycles. The summed E-state index contributed by atoms with van der Waals surface area (Å²) in [5, 5.41) is 0. The number of fused-ring (bicyclic) bond motifs is 1. The number of ether oxygens (including phenoxy) is 1. The minimum absolute atomic E-state index is 0.811. The summed E-state index contributed by atoms with van der Waals surface area (Å²) in [5.74, 6) is 0. The summed E-state index contributed by atoms with van der Waals surface area (Å²) in [4.78, 5) is 1.39. The van der Waals surface area contributed by atoms with Crippen molar-refractivity contribution in [2.75, 3.05) is 6.61 Å². The highest BCUT2D eigenvalue weighted by Crippen LogP contribution is 2.30. The van der Waals surface area contributed by atoms with Crippen LogP contribution in [0.15, 0.2) is 9.85 Å². The van der Waals surface area contributed by atoms with Gasteiger partial charge in [-0.2, -0.15) is 0 Å². The Bertz CT molecular complexity index is 220. The lowest BCUT2D eigenvalue weighted by atomic mass is 10.2. The first-order valence-corrected chi connectivity index (χ1v) is 4.82. The Balaban J connectivity index is 2.41. The van der Waals surface area contributed by atoms with Crippen molar-refractivity contribution in [2.45, 2.75) is 13.0 Å². The minimum Gasteiger partial charge on any atom is -0.376 e. The zero-order chi connectivity index (χ0) is 6.97. The zero-order valence-corrected chi connectivity index (χ0v) is 7.80. The molecular weight excluding hydrogens is 212 g/mol. The van der Waals surface area contributed by atoms with Crippen LogP contribution in [-0.4, -0.2) is 6.61 Å². The van der Waals surface area contributed by atoms with Crippen molar-refractivity contribution >= 4 is 27.3 Å². The highest BCUT2D eigenvalue weighted by atomic mass is 79.9. The maximum atomic E-state index is 5.30. The average molecular weight is 219 g/mol.